The molecule has 2 aromatic rings. The lowest BCUT2D eigenvalue weighted by atomic mass is 9.81. The third kappa shape index (κ3) is 2.02. The predicted octanol–water partition coefficient (Wildman–Crippen LogP) is 3.41. The van der Waals surface area contributed by atoms with E-state index in [9.17, 15) is 0 Å². The highest BCUT2D eigenvalue weighted by Crippen LogP contribution is 2.38. The zero-order chi connectivity index (χ0) is 13.5. The normalized spacial score (nSPS) is 29.9. The van der Waals surface area contributed by atoms with Crippen molar-refractivity contribution >= 4 is 27.2 Å². The van der Waals surface area contributed by atoms with Crippen LogP contribution in [0.1, 0.15) is 32.1 Å². The number of thiazole rings is 1. The van der Waals surface area contributed by atoms with Gasteiger partial charge in [0, 0.05) is 23.8 Å². The number of nitrogens with one attached hydrogen (secondary N) is 1. The Bertz CT molecular complexity index is 595. The van der Waals surface area contributed by atoms with Crippen molar-refractivity contribution in [2.45, 2.75) is 50.2 Å². The lowest BCUT2D eigenvalue weighted by Crippen LogP contribution is -2.56. The van der Waals surface area contributed by atoms with E-state index in [1.54, 1.807) is 11.3 Å². The summed E-state index contributed by atoms with van der Waals surface area (Å²) in [6.07, 6.45) is 6.65. The molecule has 0 aliphatic carbocycles. The predicted molar refractivity (Wildman–Crippen MR) is 85.6 cm³/mol. The van der Waals surface area contributed by atoms with Crippen molar-refractivity contribution in [3.8, 4) is 0 Å². The lowest BCUT2D eigenvalue weighted by Gasteiger charge is -2.50. The maximum absolute atomic E-state index is 4.39. The van der Waals surface area contributed by atoms with Gasteiger partial charge in [0.15, 0.2) is 0 Å². The van der Waals surface area contributed by atoms with Crippen LogP contribution in [-0.4, -0.2) is 30.2 Å². The second-order valence-electron chi connectivity index (χ2n) is 6.11. The van der Waals surface area contributed by atoms with Crippen molar-refractivity contribution in [1.82, 2.24) is 10.3 Å². The summed E-state index contributed by atoms with van der Waals surface area (Å²) in [5.41, 5.74) is 4.49. The Morgan fingerprint density at radius 3 is 2.80 bits per heavy atom. The van der Waals surface area contributed by atoms with E-state index in [0.717, 1.165) is 5.52 Å². The molecule has 2 fully saturated rings. The number of nitrogens with zero attached hydrogens (tertiary/aromatic N) is 2. The van der Waals surface area contributed by atoms with Crippen LogP contribution < -0.4 is 10.2 Å². The Kier molecular flexibility index (Phi) is 3.15. The van der Waals surface area contributed by atoms with Crippen molar-refractivity contribution < 1.29 is 0 Å². The molecule has 106 valence electrons. The minimum atomic E-state index is 0.702. The van der Waals surface area contributed by atoms with Gasteiger partial charge >= 0.3 is 0 Å². The van der Waals surface area contributed by atoms with Gasteiger partial charge in [0.05, 0.1) is 15.7 Å². The van der Waals surface area contributed by atoms with Crippen molar-refractivity contribution in [1.29, 1.82) is 0 Å². The third-order valence-electron chi connectivity index (χ3n) is 5.00. The first-order valence-corrected chi connectivity index (χ1v) is 8.52. The van der Waals surface area contributed by atoms with Crippen LogP contribution in [0.2, 0.25) is 0 Å². The molecule has 4 rings (SSSR count). The molecule has 1 N–H and O–H groups in total. The summed E-state index contributed by atoms with van der Waals surface area (Å²) < 4.78 is 1.32. The van der Waals surface area contributed by atoms with E-state index in [4.69, 9.17) is 0 Å². The van der Waals surface area contributed by atoms with E-state index in [0.29, 0.717) is 18.1 Å². The fraction of sp³-hybridized carbons (Fsp3) is 0.562. The van der Waals surface area contributed by atoms with E-state index in [2.05, 4.69) is 40.4 Å². The number of fused-ring (bicyclic) bond motifs is 3. The Morgan fingerprint density at radius 2 is 2.05 bits per heavy atom. The van der Waals surface area contributed by atoms with Gasteiger partial charge in [-0.1, -0.05) is 0 Å². The van der Waals surface area contributed by atoms with Crippen molar-refractivity contribution in [2.75, 3.05) is 11.9 Å². The molecule has 2 bridgehead atoms. The molecular weight excluding hydrogens is 266 g/mol. The number of benzene rings is 1. The van der Waals surface area contributed by atoms with Crippen LogP contribution in [0, 0.1) is 0 Å². The number of piperidine rings is 2. The zero-order valence-electron chi connectivity index (χ0n) is 11.9. The topological polar surface area (TPSA) is 28.2 Å². The highest BCUT2D eigenvalue weighted by atomic mass is 32.1. The van der Waals surface area contributed by atoms with Crippen LogP contribution in [0.5, 0.6) is 0 Å². The molecule has 2 atom stereocenters. The molecule has 0 saturated carbocycles. The molecule has 4 heteroatoms. The Balaban J connectivity index is 1.69. The highest BCUT2D eigenvalue weighted by molar-refractivity contribution is 7.16. The van der Waals surface area contributed by atoms with Gasteiger partial charge < -0.3 is 10.2 Å². The van der Waals surface area contributed by atoms with E-state index < -0.39 is 0 Å². The quantitative estimate of drug-likeness (QED) is 0.917. The number of anilines is 1. The standard InChI is InChI=1S/C16H21N3S/c1-17-11-7-12-3-2-4-13(8-11)19(12)14-5-6-15-16(9-14)20-10-18-15/h5-6,9-13,17H,2-4,7-8H2,1H3. The van der Waals surface area contributed by atoms with Crippen LogP contribution in [0.3, 0.4) is 0 Å². The largest absolute Gasteiger partial charge is 0.365 e. The molecule has 0 amide bonds. The minimum Gasteiger partial charge on any atom is -0.365 e. The molecule has 2 unspecified atom stereocenters. The van der Waals surface area contributed by atoms with Gasteiger partial charge in [-0.05, 0) is 57.4 Å². The molecule has 1 aromatic heterocycles. The second kappa shape index (κ2) is 5.01. The molecule has 2 saturated heterocycles. The van der Waals surface area contributed by atoms with E-state index in [-0.39, 0.29) is 0 Å². The summed E-state index contributed by atoms with van der Waals surface area (Å²) in [5.74, 6) is 0. The number of rotatable bonds is 2. The lowest BCUT2D eigenvalue weighted by molar-refractivity contribution is 0.252. The minimum absolute atomic E-state index is 0.702. The molecular formula is C16H21N3S. The summed E-state index contributed by atoms with van der Waals surface area (Å²) in [5, 5.41) is 3.50. The zero-order valence-corrected chi connectivity index (χ0v) is 12.7. The summed E-state index contributed by atoms with van der Waals surface area (Å²) in [7, 11) is 2.11. The fourth-order valence-corrected chi connectivity index (χ4v) is 4.75. The van der Waals surface area contributed by atoms with E-state index in [1.807, 2.05) is 5.51 Å². The molecule has 2 aliphatic rings. The maximum Gasteiger partial charge on any atom is 0.0813 e. The Labute approximate surface area is 124 Å². The molecule has 20 heavy (non-hydrogen) atoms. The van der Waals surface area contributed by atoms with Gasteiger partial charge in [0.25, 0.3) is 0 Å². The van der Waals surface area contributed by atoms with Gasteiger partial charge in [0.1, 0.15) is 0 Å². The summed E-state index contributed by atoms with van der Waals surface area (Å²) in [4.78, 5) is 7.10. The van der Waals surface area contributed by atoms with Gasteiger partial charge in [-0.25, -0.2) is 4.98 Å². The summed E-state index contributed by atoms with van der Waals surface area (Å²) >= 11 is 1.75. The van der Waals surface area contributed by atoms with Crippen molar-refractivity contribution in [3.63, 3.8) is 0 Å². The van der Waals surface area contributed by atoms with Crippen LogP contribution in [-0.2, 0) is 0 Å². The van der Waals surface area contributed by atoms with Crippen molar-refractivity contribution in [2.24, 2.45) is 0 Å². The van der Waals surface area contributed by atoms with E-state index >= 15 is 0 Å². The van der Waals surface area contributed by atoms with Gasteiger partial charge in [-0.3, -0.25) is 0 Å². The first-order valence-electron chi connectivity index (χ1n) is 7.64. The van der Waals surface area contributed by atoms with Crippen molar-refractivity contribution in [3.05, 3.63) is 23.7 Å². The first-order chi connectivity index (χ1) is 9.85. The number of hydrogen-bond donors (Lipinski definition) is 1. The first kappa shape index (κ1) is 12.6. The number of aromatic nitrogens is 1. The Morgan fingerprint density at radius 1 is 1.25 bits per heavy atom. The maximum atomic E-state index is 4.39. The van der Waals surface area contributed by atoms with E-state index in [1.165, 1.54) is 42.5 Å². The van der Waals surface area contributed by atoms with Crippen LogP contribution in [0.4, 0.5) is 5.69 Å². The molecule has 0 radical (unpaired) electrons. The van der Waals surface area contributed by atoms with Crippen LogP contribution in [0.25, 0.3) is 10.2 Å². The molecule has 0 spiro atoms. The third-order valence-corrected chi connectivity index (χ3v) is 5.79. The second-order valence-corrected chi connectivity index (χ2v) is 6.99. The van der Waals surface area contributed by atoms with Gasteiger partial charge in [-0.2, -0.15) is 0 Å². The van der Waals surface area contributed by atoms with Crippen LogP contribution in [0.15, 0.2) is 23.7 Å². The Hall–Kier alpha value is -1.13. The average Bonchev–Trinajstić information content (AvgIpc) is 2.93. The molecule has 1 aromatic carbocycles. The highest BCUT2D eigenvalue weighted by Gasteiger charge is 2.37. The summed E-state index contributed by atoms with van der Waals surface area (Å²) in [6, 6.07) is 8.93. The monoisotopic (exact) mass is 287 g/mol. The molecule has 2 aliphatic heterocycles. The smallest absolute Gasteiger partial charge is 0.0813 e. The molecule has 3 nitrogen and oxygen atoms in total. The van der Waals surface area contributed by atoms with Gasteiger partial charge in [-0.15, -0.1) is 11.3 Å². The number of hydrogen-bond acceptors (Lipinski definition) is 4. The SMILES string of the molecule is CNC1CC2CCCC(C1)N2c1ccc2ncsc2c1. The molecule has 3 heterocycles. The summed E-state index contributed by atoms with van der Waals surface area (Å²) in [6.45, 7) is 0. The fourth-order valence-electron chi connectivity index (χ4n) is 4.04. The van der Waals surface area contributed by atoms with Crippen LogP contribution >= 0.6 is 11.3 Å². The van der Waals surface area contributed by atoms with Gasteiger partial charge in [0.2, 0.25) is 0 Å². The average molecular weight is 287 g/mol.